The highest BCUT2D eigenvalue weighted by Crippen LogP contribution is 2.28. The van der Waals surface area contributed by atoms with Crippen LogP contribution in [-0.2, 0) is 20.7 Å². The molecule has 2 aromatic rings. The summed E-state index contributed by atoms with van der Waals surface area (Å²) in [6, 6.07) is 15.4. The van der Waals surface area contributed by atoms with E-state index in [1.54, 1.807) is 6.07 Å². The van der Waals surface area contributed by atoms with E-state index < -0.39 is 5.97 Å². The molecule has 1 amide bonds. The largest absolute Gasteiger partial charge is 0.493 e. The lowest BCUT2D eigenvalue weighted by Gasteiger charge is -2.14. The monoisotopic (exact) mass is 411 g/mol. The number of esters is 1. The van der Waals surface area contributed by atoms with Gasteiger partial charge in [0.25, 0.3) is 5.91 Å². The Kier molecular flexibility index (Phi) is 9.45. The van der Waals surface area contributed by atoms with Gasteiger partial charge in [-0.25, -0.2) is 4.79 Å². The minimum absolute atomic E-state index is 0.0207. The lowest BCUT2D eigenvalue weighted by Crippen LogP contribution is -2.36. The molecule has 160 valence electrons. The first kappa shape index (κ1) is 23.0. The van der Waals surface area contributed by atoms with Gasteiger partial charge in [0.05, 0.1) is 7.11 Å². The molecule has 0 saturated carbocycles. The second-order valence-corrected chi connectivity index (χ2v) is 6.85. The van der Waals surface area contributed by atoms with Gasteiger partial charge in [-0.3, -0.25) is 4.79 Å². The smallest absolute Gasteiger partial charge is 0.344 e. The molecule has 0 saturated heterocycles. The fraction of sp³-hybridized carbons (Fsp3) is 0.333. The predicted octanol–water partition coefficient (Wildman–Crippen LogP) is 3.79. The Bertz CT molecular complexity index is 848. The Morgan fingerprint density at radius 1 is 1.07 bits per heavy atom. The van der Waals surface area contributed by atoms with Crippen LogP contribution >= 0.6 is 0 Å². The fourth-order valence-electron chi connectivity index (χ4n) is 2.84. The van der Waals surface area contributed by atoms with Crippen molar-refractivity contribution in [3.05, 3.63) is 65.7 Å². The van der Waals surface area contributed by atoms with Gasteiger partial charge in [0.2, 0.25) is 0 Å². The number of benzene rings is 2. The van der Waals surface area contributed by atoms with Crippen molar-refractivity contribution in [3.8, 4) is 11.5 Å². The lowest BCUT2D eigenvalue weighted by atomic mass is 10.1. The van der Waals surface area contributed by atoms with E-state index in [1.165, 1.54) is 12.7 Å². The molecule has 0 aliphatic carbocycles. The third-order valence-corrected chi connectivity index (χ3v) is 4.37. The van der Waals surface area contributed by atoms with E-state index in [2.05, 4.69) is 17.4 Å². The van der Waals surface area contributed by atoms with E-state index >= 15 is 0 Å². The van der Waals surface area contributed by atoms with Crippen LogP contribution < -0.4 is 14.8 Å². The lowest BCUT2D eigenvalue weighted by molar-refractivity contribution is -0.150. The van der Waals surface area contributed by atoms with Gasteiger partial charge in [-0.15, -0.1) is 0 Å². The molecule has 30 heavy (non-hydrogen) atoms. The van der Waals surface area contributed by atoms with Crippen LogP contribution in [0.3, 0.4) is 0 Å². The van der Waals surface area contributed by atoms with Crippen LogP contribution in [0.4, 0.5) is 0 Å². The number of amides is 1. The summed E-state index contributed by atoms with van der Waals surface area (Å²) in [5, 5.41) is 2.83. The van der Waals surface area contributed by atoms with Crippen molar-refractivity contribution < 1.29 is 23.8 Å². The van der Waals surface area contributed by atoms with E-state index in [-0.39, 0.29) is 25.2 Å². The van der Waals surface area contributed by atoms with Crippen molar-refractivity contribution in [2.75, 3.05) is 20.3 Å². The third kappa shape index (κ3) is 7.99. The van der Waals surface area contributed by atoms with Crippen LogP contribution in [-0.4, -0.2) is 38.2 Å². The number of rotatable bonds is 11. The molecule has 0 aliphatic heterocycles. The molecule has 0 bridgehead atoms. The number of hydrogen-bond donors (Lipinski definition) is 1. The number of aryl methyl sites for hydroxylation is 1. The molecule has 1 N–H and O–H groups in total. The molecule has 2 aromatic carbocycles. The molecule has 0 radical (unpaired) electrons. The van der Waals surface area contributed by atoms with Gasteiger partial charge in [-0.05, 0) is 49.9 Å². The van der Waals surface area contributed by atoms with Gasteiger partial charge < -0.3 is 19.5 Å². The summed E-state index contributed by atoms with van der Waals surface area (Å²) in [7, 11) is 1.53. The highest BCUT2D eigenvalue weighted by Gasteiger charge is 2.13. The van der Waals surface area contributed by atoms with Crippen LogP contribution in [0.15, 0.2) is 54.6 Å². The summed E-state index contributed by atoms with van der Waals surface area (Å²) in [6.45, 7) is 3.20. The van der Waals surface area contributed by atoms with Crippen molar-refractivity contribution in [3.63, 3.8) is 0 Å². The minimum Gasteiger partial charge on any atom is -0.493 e. The molecule has 0 heterocycles. The highest BCUT2D eigenvalue weighted by molar-refractivity contribution is 5.81. The van der Waals surface area contributed by atoms with Gasteiger partial charge in [-0.2, -0.15) is 0 Å². The first-order valence-electron chi connectivity index (χ1n) is 9.94. The third-order valence-electron chi connectivity index (χ3n) is 4.37. The number of methoxy groups -OCH3 is 1. The Morgan fingerprint density at radius 2 is 1.83 bits per heavy atom. The van der Waals surface area contributed by atoms with Crippen LogP contribution in [0.5, 0.6) is 11.5 Å². The SMILES string of the molecule is C/C=C/c1ccc(OCC(=O)OCC(=O)N[C@@H](C)CCc2ccccc2)c(OC)c1. The molecule has 6 nitrogen and oxygen atoms in total. The average Bonchev–Trinajstić information content (AvgIpc) is 2.76. The zero-order valence-corrected chi connectivity index (χ0v) is 17.7. The van der Waals surface area contributed by atoms with Gasteiger partial charge >= 0.3 is 5.97 Å². The molecule has 0 fully saturated rings. The first-order chi connectivity index (χ1) is 14.5. The summed E-state index contributed by atoms with van der Waals surface area (Å²) in [6.07, 6.45) is 5.51. The highest BCUT2D eigenvalue weighted by atomic mass is 16.6. The molecule has 0 spiro atoms. The second kappa shape index (κ2) is 12.3. The number of allylic oxidation sites excluding steroid dienone is 1. The molecule has 1 atom stereocenters. The fourth-order valence-corrected chi connectivity index (χ4v) is 2.84. The van der Waals surface area contributed by atoms with Gasteiger partial charge in [-0.1, -0.05) is 48.6 Å². The predicted molar refractivity (Wildman–Crippen MR) is 117 cm³/mol. The van der Waals surface area contributed by atoms with Crippen molar-refractivity contribution >= 4 is 18.0 Å². The van der Waals surface area contributed by atoms with Crippen LogP contribution in [0, 0.1) is 0 Å². The Labute approximate surface area is 177 Å². The molecule has 0 unspecified atom stereocenters. The number of carbonyl (C=O) groups is 2. The molecule has 0 aliphatic rings. The molecule has 0 aromatic heterocycles. The Balaban J connectivity index is 1.70. The van der Waals surface area contributed by atoms with Crippen molar-refractivity contribution in [1.29, 1.82) is 0 Å². The molecular weight excluding hydrogens is 382 g/mol. The topological polar surface area (TPSA) is 73.9 Å². The normalized spacial score (nSPS) is 11.7. The zero-order chi connectivity index (χ0) is 21.8. The summed E-state index contributed by atoms with van der Waals surface area (Å²) in [5.41, 5.74) is 2.18. The first-order valence-corrected chi connectivity index (χ1v) is 9.94. The zero-order valence-electron chi connectivity index (χ0n) is 17.7. The van der Waals surface area contributed by atoms with E-state index in [4.69, 9.17) is 14.2 Å². The average molecular weight is 411 g/mol. The standard InChI is InChI=1S/C24H29NO5/c1-4-8-20-13-14-21(22(15-20)28-3)29-17-24(27)30-16-23(26)25-18(2)11-12-19-9-6-5-7-10-19/h4-10,13-15,18H,11-12,16-17H2,1-3H3,(H,25,26)/b8-4+/t18-/m0/s1. The molecule has 6 heteroatoms. The maximum atomic E-state index is 12.0. The Hall–Kier alpha value is -3.28. The van der Waals surface area contributed by atoms with Gasteiger partial charge in [0.15, 0.2) is 24.7 Å². The maximum absolute atomic E-state index is 12.0. The summed E-state index contributed by atoms with van der Waals surface area (Å²) in [4.78, 5) is 23.9. The van der Waals surface area contributed by atoms with E-state index in [1.807, 2.05) is 56.3 Å². The number of hydrogen-bond acceptors (Lipinski definition) is 5. The van der Waals surface area contributed by atoms with Crippen molar-refractivity contribution in [1.82, 2.24) is 5.32 Å². The number of nitrogens with one attached hydrogen (secondary N) is 1. The number of carbonyl (C=O) groups excluding carboxylic acids is 2. The quantitative estimate of drug-likeness (QED) is 0.570. The van der Waals surface area contributed by atoms with Gasteiger partial charge in [0, 0.05) is 6.04 Å². The number of ether oxygens (including phenoxy) is 3. The maximum Gasteiger partial charge on any atom is 0.344 e. The van der Waals surface area contributed by atoms with E-state index in [0.717, 1.165) is 18.4 Å². The van der Waals surface area contributed by atoms with Crippen LogP contribution in [0.1, 0.15) is 31.4 Å². The summed E-state index contributed by atoms with van der Waals surface area (Å²) < 4.78 is 15.8. The molecule has 2 rings (SSSR count). The van der Waals surface area contributed by atoms with Crippen molar-refractivity contribution in [2.24, 2.45) is 0 Å². The minimum atomic E-state index is -0.623. The summed E-state index contributed by atoms with van der Waals surface area (Å²) in [5.74, 6) is -0.0102. The van der Waals surface area contributed by atoms with E-state index in [0.29, 0.717) is 11.5 Å². The van der Waals surface area contributed by atoms with E-state index in [9.17, 15) is 9.59 Å². The molecular formula is C24H29NO5. The van der Waals surface area contributed by atoms with Crippen molar-refractivity contribution in [2.45, 2.75) is 32.7 Å². The van der Waals surface area contributed by atoms with Gasteiger partial charge in [0.1, 0.15) is 0 Å². The summed E-state index contributed by atoms with van der Waals surface area (Å²) >= 11 is 0. The second-order valence-electron chi connectivity index (χ2n) is 6.85. The van der Waals surface area contributed by atoms with Crippen LogP contribution in [0.25, 0.3) is 6.08 Å². The Morgan fingerprint density at radius 3 is 2.53 bits per heavy atom. The van der Waals surface area contributed by atoms with Crippen LogP contribution in [0.2, 0.25) is 0 Å².